The Labute approximate surface area is 404 Å². The summed E-state index contributed by atoms with van der Waals surface area (Å²) in [6.07, 6.45) is 4.16. The quantitative estimate of drug-likeness (QED) is 0.138. The number of hydrogen-bond acceptors (Lipinski definition) is 19. The summed E-state index contributed by atoms with van der Waals surface area (Å²) in [4.78, 5) is 26.3. The van der Waals surface area contributed by atoms with Crippen molar-refractivity contribution >= 4 is 11.9 Å². The van der Waals surface area contributed by atoms with E-state index < -0.39 is 160 Å². The fourth-order valence-corrected chi connectivity index (χ4v) is 8.19. The number of esters is 1. The zero-order chi connectivity index (χ0) is 51.3. The van der Waals surface area contributed by atoms with Crippen LogP contribution in [0.25, 0.3) is 0 Å². The number of rotatable bonds is 6. The highest BCUT2D eigenvalue weighted by Crippen LogP contribution is 2.38. The molecule has 2 saturated heterocycles. The standard InChI is InChI=1S/C49H78N2O18/c1-29-16-14-12-10-8-6-4-5-7-9-11-13-15-17-36(68-48-46(63)44(50)40(60)28-66-48)23-41-43(47(64)51-32(26-52)27-53)39(59)25-49(65,69-41)24-35(56)21-38(58)37(57)19-18-33(54)20-34(55)22-42(61)67-31(3)30(2)45(29)62/h4-17,29-41,43-46,48,52-60,62-63,65H,18-28,50H2,1-3H3,(H,51,64)/b5-4+,8-6+,9-7+,12-10+,13-11+,16-14+,17-15+/t29-,30-,31-,33?,34+,35?,36-,37?,38+,39-,40+,41-,43+,44-,45+,46+,48-,49+/m0/s1. The molecule has 0 spiro atoms. The molecule has 20 nitrogen and oxygen atoms in total. The SMILES string of the molecule is C[C@@H]1[C@H](O)[C@@H](C)/C=C/C=C/C=C/C=C/C=C/C=C/C=C/[C@H](O[C@@H]2OC[C@@H](O)[C@H](N)[C@H]2O)C[C@@H]2O[C@](O)(CC(O)C[C@@H](O)C(O)CCC(O)C[C@@H](O)CC(=O)O[C@H]1C)C[C@H](O)[C@H]2C(=O)NC(CO)CO. The van der Waals surface area contributed by atoms with Crippen molar-refractivity contribution in [3.63, 3.8) is 0 Å². The van der Waals surface area contributed by atoms with Gasteiger partial charge >= 0.3 is 5.97 Å². The normalized spacial score (nSPS) is 42.5. The second kappa shape index (κ2) is 30.4. The van der Waals surface area contributed by atoms with E-state index >= 15 is 0 Å². The predicted octanol–water partition coefficient (Wildman–Crippen LogP) is -1.29. The van der Waals surface area contributed by atoms with Gasteiger partial charge in [0.2, 0.25) is 5.91 Å². The molecule has 20 heteroatoms. The van der Waals surface area contributed by atoms with Crippen LogP contribution in [0.1, 0.15) is 72.1 Å². The predicted molar refractivity (Wildman–Crippen MR) is 251 cm³/mol. The third kappa shape index (κ3) is 20.6. The molecule has 3 rings (SSSR count). The molecule has 0 radical (unpaired) electrons. The maximum atomic E-state index is 13.7. The van der Waals surface area contributed by atoms with Crippen LogP contribution < -0.4 is 11.1 Å². The summed E-state index contributed by atoms with van der Waals surface area (Å²) in [6, 6.07) is -2.27. The first kappa shape index (κ1) is 59.8. The molecule has 18 atom stereocenters. The summed E-state index contributed by atoms with van der Waals surface area (Å²) in [6.45, 7) is 3.62. The fourth-order valence-electron chi connectivity index (χ4n) is 8.19. The van der Waals surface area contributed by atoms with Crippen LogP contribution in [0.4, 0.5) is 0 Å². The van der Waals surface area contributed by atoms with Crippen LogP contribution >= 0.6 is 0 Å². The monoisotopic (exact) mass is 983 g/mol. The first-order chi connectivity index (χ1) is 32.7. The molecule has 2 fully saturated rings. The molecule has 2 bridgehead atoms. The van der Waals surface area contributed by atoms with Crippen LogP contribution in [0.2, 0.25) is 0 Å². The van der Waals surface area contributed by atoms with Crippen molar-refractivity contribution in [2.45, 2.75) is 170 Å². The molecule has 3 aliphatic heterocycles. The van der Waals surface area contributed by atoms with Crippen molar-refractivity contribution in [2.75, 3.05) is 19.8 Å². The Kier molecular flexibility index (Phi) is 26.3. The number of carbonyl (C=O) groups excluding carboxylic acids is 2. The Morgan fingerprint density at radius 1 is 0.725 bits per heavy atom. The van der Waals surface area contributed by atoms with Crippen molar-refractivity contribution in [3.8, 4) is 0 Å². The molecule has 0 aromatic carbocycles. The van der Waals surface area contributed by atoms with E-state index in [1.807, 2.05) is 13.0 Å². The van der Waals surface area contributed by atoms with Crippen LogP contribution in [0, 0.1) is 17.8 Å². The fraction of sp³-hybridized carbons (Fsp3) is 0.673. The largest absolute Gasteiger partial charge is 0.462 e. The van der Waals surface area contributed by atoms with Crippen molar-refractivity contribution in [1.82, 2.24) is 5.32 Å². The molecule has 0 saturated carbocycles. The molecular formula is C49H78N2O18. The van der Waals surface area contributed by atoms with Gasteiger partial charge in [-0.15, -0.1) is 0 Å². The molecule has 1 amide bonds. The number of amides is 1. The van der Waals surface area contributed by atoms with Crippen LogP contribution in [-0.2, 0) is 28.5 Å². The first-order valence-electron chi connectivity index (χ1n) is 23.6. The Hall–Kier alpha value is -3.52. The minimum absolute atomic E-state index is 0.120. The molecular weight excluding hydrogens is 905 g/mol. The lowest BCUT2D eigenvalue weighted by Crippen LogP contribution is -2.60. The van der Waals surface area contributed by atoms with E-state index in [1.165, 1.54) is 6.08 Å². The maximum Gasteiger partial charge on any atom is 0.308 e. The molecule has 3 heterocycles. The summed E-state index contributed by atoms with van der Waals surface area (Å²) in [5.41, 5.74) is 5.98. The lowest BCUT2D eigenvalue weighted by atomic mass is 9.82. The summed E-state index contributed by atoms with van der Waals surface area (Å²) >= 11 is 0. The number of carbonyl (C=O) groups is 2. The summed E-state index contributed by atoms with van der Waals surface area (Å²) < 4.78 is 23.2. The zero-order valence-corrected chi connectivity index (χ0v) is 39.6. The maximum absolute atomic E-state index is 13.7. The smallest absolute Gasteiger partial charge is 0.308 e. The van der Waals surface area contributed by atoms with E-state index in [0.717, 1.165) is 0 Å². The van der Waals surface area contributed by atoms with Gasteiger partial charge in [0.05, 0.1) is 105 Å². The lowest BCUT2D eigenvalue weighted by Gasteiger charge is -2.46. The second-order valence-corrected chi connectivity index (χ2v) is 18.4. The molecule has 0 aromatic heterocycles. The van der Waals surface area contributed by atoms with Crippen molar-refractivity contribution in [2.24, 2.45) is 23.5 Å². The molecule has 0 aliphatic carbocycles. The third-order valence-corrected chi connectivity index (χ3v) is 12.5. The van der Waals surface area contributed by atoms with Crippen LogP contribution in [0.15, 0.2) is 85.1 Å². The number of ether oxygens (including phenoxy) is 4. The summed E-state index contributed by atoms with van der Waals surface area (Å²) in [7, 11) is 0. The van der Waals surface area contributed by atoms with Gasteiger partial charge in [0.15, 0.2) is 12.1 Å². The molecule has 3 unspecified atom stereocenters. The minimum Gasteiger partial charge on any atom is -0.462 e. The highest BCUT2D eigenvalue weighted by molar-refractivity contribution is 5.80. The van der Waals surface area contributed by atoms with E-state index in [1.54, 1.807) is 86.8 Å². The van der Waals surface area contributed by atoms with E-state index in [0.29, 0.717) is 0 Å². The highest BCUT2D eigenvalue weighted by atomic mass is 16.7. The number of cyclic esters (lactones) is 1. The Bertz CT molecular complexity index is 1740. The Morgan fingerprint density at radius 2 is 1.30 bits per heavy atom. The number of allylic oxidation sites excluding steroid dienone is 12. The van der Waals surface area contributed by atoms with Crippen LogP contribution in [-0.4, -0.2) is 190 Å². The van der Waals surface area contributed by atoms with Gasteiger partial charge in [0, 0.05) is 37.5 Å². The second-order valence-electron chi connectivity index (χ2n) is 18.4. The third-order valence-electron chi connectivity index (χ3n) is 12.5. The van der Waals surface area contributed by atoms with E-state index in [2.05, 4.69) is 5.32 Å². The van der Waals surface area contributed by atoms with E-state index in [-0.39, 0.29) is 38.2 Å². The molecule has 3 aliphatic rings. The van der Waals surface area contributed by atoms with Crippen molar-refractivity contribution in [3.05, 3.63) is 85.1 Å². The number of aliphatic hydroxyl groups is 12. The van der Waals surface area contributed by atoms with Crippen LogP contribution in [0.3, 0.4) is 0 Å². The van der Waals surface area contributed by atoms with Gasteiger partial charge in [-0.25, -0.2) is 0 Å². The van der Waals surface area contributed by atoms with Crippen LogP contribution in [0.5, 0.6) is 0 Å². The van der Waals surface area contributed by atoms with Gasteiger partial charge in [0.1, 0.15) is 12.2 Å². The highest BCUT2D eigenvalue weighted by Gasteiger charge is 2.51. The molecule has 0 aromatic rings. The van der Waals surface area contributed by atoms with Gasteiger partial charge < -0.3 is 91.3 Å². The molecule has 15 N–H and O–H groups in total. The average Bonchev–Trinajstić information content (AvgIpc) is 3.28. The van der Waals surface area contributed by atoms with Gasteiger partial charge in [-0.3, -0.25) is 9.59 Å². The van der Waals surface area contributed by atoms with Crippen molar-refractivity contribution < 1.29 is 89.8 Å². The first-order valence-corrected chi connectivity index (χ1v) is 23.6. The summed E-state index contributed by atoms with van der Waals surface area (Å²) in [5.74, 6) is -6.17. The zero-order valence-electron chi connectivity index (χ0n) is 39.6. The average molecular weight is 983 g/mol. The number of fused-ring (bicyclic) bond motifs is 2. The van der Waals surface area contributed by atoms with E-state index in [4.69, 9.17) is 24.7 Å². The number of nitrogens with one attached hydrogen (secondary N) is 1. The van der Waals surface area contributed by atoms with Gasteiger partial charge in [-0.2, -0.15) is 0 Å². The topological polar surface area (TPSA) is 352 Å². The van der Waals surface area contributed by atoms with Gasteiger partial charge in [-0.1, -0.05) is 98.9 Å². The lowest BCUT2D eigenvalue weighted by molar-refractivity contribution is -0.304. The molecule has 69 heavy (non-hydrogen) atoms. The Morgan fingerprint density at radius 3 is 1.90 bits per heavy atom. The summed E-state index contributed by atoms with van der Waals surface area (Å²) in [5, 5.41) is 131. The van der Waals surface area contributed by atoms with Gasteiger partial charge in [0.25, 0.3) is 0 Å². The number of aliphatic hydroxyl groups excluding tert-OH is 11. The number of hydrogen-bond donors (Lipinski definition) is 14. The van der Waals surface area contributed by atoms with E-state index in [9.17, 15) is 70.9 Å². The van der Waals surface area contributed by atoms with Gasteiger partial charge in [-0.05, 0) is 26.2 Å². The number of nitrogens with two attached hydrogens (primary N) is 1. The minimum atomic E-state index is -2.35. The Balaban J connectivity index is 1.92. The van der Waals surface area contributed by atoms with Crippen molar-refractivity contribution in [1.29, 1.82) is 0 Å². The molecule has 392 valence electrons.